The first-order chi connectivity index (χ1) is 27.3. The average molecular weight is 785 g/mol. The van der Waals surface area contributed by atoms with Gasteiger partial charge in [0, 0.05) is 12.8 Å². The SMILES string of the molecule is CC/C=C\C/C=C\C/C=C\C/C=C\CCCCCCCCCCC(=O)OC(/C=C\CCCCCCCC)CCCCCCC(=O)NCC(=O)NC(CO)C(=O)O. The minimum Gasteiger partial charge on any atom is -0.480 e. The molecule has 320 valence electrons. The van der Waals surface area contributed by atoms with Gasteiger partial charge in [0.15, 0.2) is 0 Å². The average Bonchev–Trinajstić information content (AvgIpc) is 3.18. The molecule has 0 heterocycles. The standard InChI is InChI=1S/C47H80N2O7/c1-3-5-7-9-11-13-14-15-16-17-18-19-20-21-22-23-24-25-27-29-35-39-46(53)56-42(36-32-28-26-12-10-8-6-4-2)37-33-30-31-34-38-44(51)48-40-45(52)49-43(41-50)47(54)55/h5,7,11,13,15-16,18-19,32,36,42-43,50H,3-4,6,8-10,12,14,17,20-31,33-35,37-41H2,1-2H3,(H,48,51)(H,49,52)(H,54,55)/b7-5-,13-11-,16-15-,19-18-,36-32-. The highest BCUT2D eigenvalue weighted by molar-refractivity contribution is 5.87. The Hall–Kier alpha value is -3.46. The first kappa shape index (κ1) is 52.5. The number of nitrogens with one attached hydrogen (secondary N) is 2. The van der Waals surface area contributed by atoms with Crippen molar-refractivity contribution in [2.45, 2.75) is 199 Å². The molecule has 0 aliphatic heterocycles. The Balaban J connectivity index is 4.21. The van der Waals surface area contributed by atoms with Crippen LogP contribution in [0.2, 0.25) is 0 Å². The van der Waals surface area contributed by atoms with E-state index in [0.717, 1.165) is 89.9 Å². The summed E-state index contributed by atoms with van der Waals surface area (Å²) in [4.78, 5) is 47.6. The van der Waals surface area contributed by atoms with Crippen LogP contribution in [0.5, 0.6) is 0 Å². The molecule has 0 aliphatic rings. The normalized spacial score (nSPS) is 13.1. The number of rotatable bonds is 39. The summed E-state index contributed by atoms with van der Waals surface area (Å²) in [5, 5.41) is 22.5. The fraction of sp³-hybridized carbons (Fsp3) is 0.702. The first-order valence-corrected chi connectivity index (χ1v) is 22.2. The van der Waals surface area contributed by atoms with E-state index in [0.29, 0.717) is 12.8 Å². The van der Waals surface area contributed by atoms with Gasteiger partial charge in [0.2, 0.25) is 11.8 Å². The number of hydrogen-bond donors (Lipinski definition) is 4. The van der Waals surface area contributed by atoms with Crippen LogP contribution in [0.15, 0.2) is 60.8 Å². The van der Waals surface area contributed by atoms with Crippen LogP contribution in [-0.2, 0) is 23.9 Å². The van der Waals surface area contributed by atoms with E-state index in [2.05, 4.69) is 85.2 Å². The Labute approximate surface area is 341 Å². The molecular formula is C47H80N2O7. The van der Waals surface area contributed by atoms with Crippen LogP contribution in [0, 0.1) is 0 Å². The van der Waals surface area contributed by atoms with Crippen molar-refractivity contribution in [2.24, 2.45) is 0 Å². The van der Waals surface area contributed by atoms with Crippen LogP contribution in [0.3, 0.4) is 0 Å². The molecule has 0 fully saturated rings. The molecule has 9 heteroatoms. The third kappa shape index (κ3) is 37.5. The minimum absolute atomic E-state index is 0.121. The zero-order chi connectivity index (χ0) is 41.2. The molecule has 0 aromatic carbocycles. The maximum absolute atomic E-state index is 12.7. The number of aliphatic hydroxyl groups is 1. The zero-order valence-electron chi connectivity index (χ0n) is 35.4. The molecule has 0 saturated carbocycles. The largest absolute Gasteiger partial charge is 0.480 e. The number of unbranched alkanes of at least 4 members (excludes halogenated alkanes) is 17. The second-order valence-electron chi connectivity index (χ2n) is 14.8. The summed E-state index contributed by atoms with van der Waals surface area (Å²) in [6, 6.07) is -1.39. The number of carbonyl (C=O) groups excluding carboxylic acids is 3. The predicted molar refractivity (Wildman–Crippen MR) is 231 cm³/mol. The van der Waals surface area contributed by atoms with Crippen molar-refractivity contribution in [2.75, 3.05) is 13.2 Å². The van der Waals surface area contributed by atoms with Crippen molar-refractivity contribution in [3.63, 3.8) is 0 Å². The smallest absolute Gasteiger partial charge is 0.328 e. The lowest BCUT2D eigenvalue weighted by atomic mass is 10.1. The Morgan fingerprint density at radius 1 is 0.571 bits per heavy atom. The van der Waals surface area contributed by atoms with Crippen molar-refractivity contribution in [3.8, 4) is 0 Å². The Morgan fingerprint density at radius 3 is 1.64 bits per heavy atom. The van der Waals surface area contributed by atoms with Gasteiger partial charge in [0.1, 0.15) is 12.1 Å². The van der Waals surface area contributed by atoms with Gasteiger partial charge in [-0.05, 0) is 83.1 Å². The zero-order valence-corrected chi connectivity index (χ0v) is 35.4. The van der Waals surface area contributed by atoms with Gasteiger partial charge in [0.25, 0.3) is 0 Å². The van der Waals surface area contributed by atoms with Crippen molar-refractivity contribution >= 4 is 23.8 Å². The number of carbonyl (C=O) groups is 4. The molecule has 9 nitrogen and oxygen atoms in total. The fourth-order valence-electron chi connectivity index (χ4n) is 6.09. The first-order valence-electron chi connectivity index (χ1n) is 22.2. The third-order valence-corrected chi connectivity index (χ3v) is 9.48. The summed E-state index contributed by atoms with van der Waals surface area (Å²) in [6.07, 6.45) is 49.8. The summed E-state index contributed by atoms with van der Waals surface area (Å²) in [7, 11) is 0. The third-order valence-electron chi connectivity index (χ3n) is 9.48. The van der Waals surface area contributed by atoms with Crippen LogP contribution >= 0.6 is 0 Å². The molecule has 2 amide bonds. The molecule has 56 heavy (non-hydrogen) atoms. The number of hydrogen-bond acceptors (Lipinski definition) is 6. The number of esters is 1. The number of aliphatic carboxylic acids is 1. The van der Waals surface area contributed by atoms with Gasteiger partial charge in [-0.2, -0.15) is 0 Å². The lowest BCUT2D eigenvalue weighted by molar-refractivity contribution is -0.147. The van der Waals surface area contributed by atoms with Crippen molar-refractivity contribution in [1.29, 1.82) is 0 Å². The van der Waals surface area contributed by atoms with E-state index in [9.17, 15) is 19.2 Å². The van der Waals surface area contributed by atoms with Crippen molar-refractivity contribution in [1.82, 2.24) is 10.6 Å². The molecule has 0 bridgehead atoms. The summed E-state index contributed by atoms with van der Waals surface area (Å²) < 4.78 is 5.91. The van der Waals surface area contributed by atoms with Gasteiger partial charge >= 0.3 is 11.9 Å². The van der Waals surface area contributed by atoms with E-state index in [1.165, 1.54) is 64.2 Å². The summed E-state index contributed by atoms with van der Waals surface area (Å²) in [6.45, 7) is 3.32. The molecular weight excluding hydrogens is 705 g/mol. The van der Waals surface area contributed by atoms with Crippen molar-refractivity contribution < 1.29 is 34.1 Å². The van der Waals surface area contributed by atoms with Crippen LogP contribution in [0.25, 0.3) is 0 Å². The molecule has 2 atom stereocenters. The number of aliphatic hydroxyl groups excluding tert-OH is 1. The van der Waals surface area contributed by atoms with E-state index in [1.807, 2.05) is 0 Å². The van der Waals surface area contributed by atoms with Crippen molar-refractivity contribution in [3.05, 3.63) is 60.8 Å². The highest BCUT2D eigenvalue weighted by Crippen LogP contribution is 2.15. The quantitative estimate of drug-likeness (QED) is 0.0276. The Kier molecular flexibility index (Phi) is 38.6. The molecule has 0 aromatic rings. The maximum atomic E-state index is 12.7. The lowest BCUT2D eigenvalue weighted by Crippen LogP contribution is -2.47. The molecule has 2 unspecified atom stereocenters. The van der Waals surface area contributed by atoms with E-state index in [-0.39, 0.29) is 30.9 Å². The number of ether oxygens (including phenoxy) is 1. The molecule has 0 aliphatic carbocycles. The van der Waals surface area contributed by atoms with Crippen LogP contribution in [0.1, 0.15) is 187 Å². The lowest BCUT2D eigenvalue weighted by Gasteiger charge is -2.15. The fourth-order valence-corrected chi connectivity index (χ4v) is 6.09. The van der Waals surface area contributed by atoms with E-state index in [1.54, 1.807) is 0 Å². The van der Waals surface area contributed by atoms with Gasteiger partial charge < -0.3 is 25.6 Å². The predicted octanol–water partition coefficient (Wildman–Crippen LogP) is 10.9. The van der Waals surface area contributed by atoms with Crippen LogP contribution in [0.4, 0.5) is 0 Å². The molecule has 0 rings (SSSR count). The number of amides is 2. The van der Waals surface area contributed by atoms with E-state index < -0.39 is 24.5 Å². The van der Waals surface area contributed by atoms with Gasteiger partial charge in [0.05, 0.1) is 13.2 Å². The van der Waals surface area contributed by atoms with Gasteiger partial charge in [-0.15, -0.1) is 0 Å². The second kappa shape index (κ2) is 41.2. The molecule has 0 spiro atoms. The summed E-state index contributed by atoms with van der Waals surface area (Å²) >= 11 is 0. The van der Waals surface area contributed by atoms with Gasteiger partial charge in [-0.1, -0.05) is 152 Å². The van der Waals surface area contributed by atoms with Crippen LogP contribution in [-0.4, -0.2) is 59.3 Å². The summed E-state index contributed by atoms with van der Waals surface area (Å²) in [5.41, 5.74) is 0. The van der Waals surface area contributed by atoms with E-state index >= 15 is 0 Å². The topological polar surface area (TPSA) is 142 Å². The minimum atomic E-state index is -1.39. The van der Waals surface area contributed by atoms with E-state index in [4.69, 9.17) is 14.9 Å². The monoisotopic (exact) mass is 785 g/mol. The van der Waals surface area contributed by atoms with Gasteiger partial charge in [-0.3, -0.25) is 14.4 Å². The second-order valence-corrected chi connectivity index (χ2v) is 14.8. The summed E-state index contributed by atoms with van der Waals surface area (Å²) in [5.74, 6) is -2.41. The van der Waals surface area contributed by atoms with Crippen LogP contribution < -0.4 is 10.6 Å². The Bertz CT molecular complexity index is 1130. The number of carboxylic acids is 1. The molecule has 0 radical (unpaired) electrons. The Morgan fingerprint density at radius 2 is 1.07 bits per heavy atom. The molecule has 0 aromatic heterocycles. The highest BCUT2D eigenvalue weighted by Gasteiger charge is 2.18. The number of carboxylic acid groups (broad SMARTS) is 1. The molecule has 4 N–H and O–H groups in total. The van der Waals surface area contributed by atoms with Gasteiger partial charge in [-0.25, -0.2) is 4.79 Å². The molecule has 0 saturated heterocycles. The number of allylic oxidation sites excluding steroid dienone is 9. The maximum Gasteiger partial charge on any atom is 0.328 e. The highest BCUT2D eigenvalue weighted by atomic mass is 16.5.